The normalized spacial score (nSPS) is 10.2. The van der Waals surface area contributed by atoms with E-state index in [0.717, 1.165) is 10.6 Å². The van der Waals surface area contributed by atoms with Gasteiger partial charge in [0.25, 0.3) is 0 Å². The molecule has 0 aliphatic rings. The maximum atomic E-state index is 11.6. The van der Waals surface area contributed by atoms with Gasteiger partial charge in [0, 0.05) is 10.9 Å². The summed E-state index contributed by atoms with van der Waals surface area (Å²) in [7, 11) is 0. The second-order valence-electron chi connectivity index (χ2n) is 3.21. The van der Waals surface area contributed by atoms with Crippen molar-refractivity contribution in [3.05, 3.63) is 41.4 Å². The van der Waals surface area contributed by atoms with Gasteiger partial charge in [0.1, 0.15) is 10.7 Å². The summed E-state index contributed by atoms with van der Waals surface area (Å²) in [4.78, 5) is 15.8. The van der Waals surface area contributed by atoms with Crippen molar-refractivity contribution in [3.63, 3.8) is 0 Å². The van der Waals surface area contributed by atoms with Crippen molar-refractivity contribution in [1.82, 2.24) is 15.6 Å². The van der Waals surface area contributed by atoms with Crippen molar-refractivity contribution < 1.29 is 4.79 Å². The molecule has 5 N–H and O–H groups in total. The Bertz CT molecular complexity index is 512. The Morgan fingerprint density at radius 1 is 1.35 bits per heavy atom. The number of hydrazine groups is 3. The summed E-state index contributed by atoms with van der Waals surface area (Å²) in [5.74, 6) is 9.86. The lowest BCUT2D eigenvalue weighted by molar-refractivity contribution is 0.0654. The third-order valence-electron chi connectivity index (χ3n) is 2.10. The van der Waals surface area contributed by atoms with Crippen molar-refractivity contribution in [2.45, 2.75) is 0 Å². The fraction of sp³-hybridized carbons (Fsp3) is 0. The molecule has 1 aromatic heterocycles. The van der Waals surface area contributed by atoms with Crippen molar-refractivity contribution >= 4 is 17.2 Å². The highest BCUT2D eigenvalue weighted by Crippen LogP contribution is 2.23. The minimum atomic E-state index is -0.481. The quantitative estimate of drug-likeness (QED) is 0.418. The first kappa shape index (κ1) is 11.7. The van der Waals surface area contributed by atoms with E-state index in [9.17, 15) is 4.79 Å². The molecule has 7 heteroatoms. The van der Waals surface area contributed by atoms with Crippen LogP contribution in [0, 0.1) is 0 Å². The predicted octanol–water partition coefficient (Wildman–Crippen LogP) is 0.504. The number of nitrogens with one attached hydrogen (secondary N) is 1. The van der Waals surface area contributed by atoms with Gasteiger partial charge in [0.15, 0.2) is 0 Å². The number of hydrogen-bond acceptors (Lipinski definition) is 6. The van der Waals surface area contributed by atoms with Gasteiger partial charge in [0.05, 0.1) is 0 Å². The van der Waals surface area contributed by atoms with Gasteiger partial charge < -0.3 is 0 Å². The Hall–Kier alpha value is -1.80. The molecule has 0 fully saturated rings. The van der Waals surface area contributed by atoms with Crippen molar-refractivity contribution in [2.75, 3.05) is 0 Å². The Balaban J connectivity index is 2.25. The number of carbonyl (C=O) groups excluding carboxylic acids is 1. The Morgan fingerprint density at radius 3 is 2.71 bits per heavy atom. The molecule has 0 radical (unpaired) electrons. The van der Waals surface area contributed by atoms with Crippen LogP contribution in [0.3, 0.4) is 0 Å². The third kappa shape index (κ3) is 2.48. The van der Waals surface area contributed by atoms with Gasteiger partial charge in [-0.3, -0.25) is 10.6 Å². The lowest BCUT2D eigenvalue weighted by Gasteiger charge is -2.11. The van der Waals surface area contributed by atoms with E-state index in [0.29, 0.717) is 5.12 Å². The summed E-state index contributed by atoms with van der Waals surface area (Å²) in [6.45, 7) is 0. The molecule has 0 unspecified atom stereocenters. The zero-order valence-corrected chi connectivity index (χ0v) is 9.65. The van der Waals surface area contributed by atoms with Crippen LogP contribution in [0.1, 0.15) is 10.5 Å². The maximum absolute atomic E-state index is 11.6. The summed E-state index contributed by atoms with van der Waals surface area (Å²) in [6, 6.07) is 9.59. The van der Waals surface area contributed by atoms with Gasteiger partial charge in [-0.05, 0) is 0 Å². The van der Waals surface area contributed by atoms with Gasteiger partial charge in [0.2, 0.25) is 0 Å². The molecule has 6 nitrogen and oxygen atoms in total. The number of nitrogens with two attached hydrogens (primary N) is 2. The molecule has 0 aliphatic carbocycles. The Kier molecular flexibility index (Phi) is 3.45. The first-order chi connectivity index (χ1) is 8.22. The van der Waals surface area contributed by atoms with Gasteiger partial charge in [-0.1, -0.05) is 30.3 Å². The molecule has 1 heterocycles. The number of thiazole rings is 1. The number of amides is 1. The van der Waals surface area contributed by atoms with Gasteiger partial charge in [-0.15, -0.1) is 11.3 Å². The molecule has 0 spiro atoms. The molecular formula is C10H11N5OS. The van der Waals surface area contributed by atoms with E-state index in [1.165, 1.54) is 11.3 Å². The lowest BCUT2D eigenvalue weighted by atomic mass is 10.2. The second kappa shape index (κ2) is 5.02. The Labute approximate surface area is 102 Å². The smallest absolute Gasteiger partial charge is 0.264 e. The summed E-state index contributed by atoms with van der Waals surface area (Å²) in [5, 5.41) is 3.09. The summed E-state index contributed by atoms with van der Waals surface area (Å²) >= 11 is 1.38. The van der Waals surface area contributed by atoms with Crippen molar-refractivity contribution in [1.29, 1.82) is 0 Å². The lowest BCUT2D eigenvalue weighted by Crippen LogP contribution is -2.51. The zero-order valence-electron chi connectivity index (χ0n) is 8.83. The van der Waals surface area contributed by atoms with Gasteiger partial charge in [-0.2, -0.15) is 10.7 Å². The predicted molar refractivity (Wildman–Crippen MR) is 65.2 cm³/mol. The standard InChI is InChI=1S/C10H11N5OS/c11-14-15(12)10(16)8-6-17-9(13-8)7-4-2-1-3-5-7/h1-6,14H,11-12H2. The largest absolute Gasteiger partial charge is 0.303 e. The summed E-state index contributed by atoms with van der Waals surface area (Å²) < 4.78 is 0. The van der Waals surface area contributed by atoms with Crippen LogP contribution in [0.4, 0.5) is 0 Å². The molecule has 88 valence electrons. The molecule has 0 saturated carbocycles. The number of hydrogen-bond donors (Lipinski definition) is 3. The highest BCUT2D eigenvalue weighted by Gasteiger charge is 2.15. The minimum Gasteiger partial charge on any atom is -0.264 e. The van der Waals surface area contributed by atoms with Crippen molar-refractivity contribution in [2.24, 2.45) is 11.7 Å². The van der Waals surface area contributed by atoms with Crippen LogP contribution in [-0.2, 0) is 0 Å². The molecule has 2 aromatic rings. The molecule has 2 rings (SSSR count). The molecule has 0 aliphatic heterocycles. The highest BCUT2D eigenvalue weighted by molar-refractivity contribution is 7.13. The molecule has 0 saturated heterocycles. The minimum absolute atomic E-state index is 0.259. The first-order valence-corrected chi connectivity index (χ1v) is 5.66. The molecular weight excluding hydrogens is 238 g/mol. The van der Waals surface area contributed by atoms with Crippen LogP contribution < -0.4 is 17.2 Å². The number of rotatable bonds is 3. The van der Waals surface area contributed by atoms with Gasteiger partial charge >= 0.3 is 5.91 Å². The first-order valence-electron chi connectivity index (χ1n) is 4.78. The monoisotopic (exact) mass is 249 g/mol. The number of carbonyl (C=O) groups is 1. The van der Waals surface area contributed by atoms with E-state index in [-0.39, 0.29) is 5.69 Å². The van der Waals surface area contributed by atoms with Gasteiger partial charge in [-0.25, -0.2) is 10.8 Å². The van der Waals surface area contributed by atoms with Crippen LogP contribution in [0.15, 0.2) is 35.7 Å². The van der Waals surface area contributed by atoms with E-state index in [1.807, 2.05) is 35.9 Å². The number of aromatic nitrogens is 1. The van der Waals surface area contributed by atoms with Crippen LogP contribution in [0.2, 0.25) is 0 Å². The molecule has 17 heavy (non-hydrogen) atoms. The third-order valence-corrected chi connectivity index (χ3v) is 2.99. The molecule has 1 amide bonds. The highest BCUT2D eigenvalue weighted by atomic mass is 32.1. The fourth-order valence-corrected chi connectivity index (χ4v) is 2.07. The second-order valence-corrected chi connectivity index (χ2v) is 4.07. The van der Waals surface area contributed by atoms with Crippen LogP contribution >= 0.6 is 11.3 Å². The van der Waals surface area contributed by atoms with E-state index < -0.39 is 5.91 Å². The summed E-state index contributed by atoms with van der Waals surface area (Å²) in [6.07, 6.45) is 0. The Morgan fingerprint density at radius 2 is 2.06 bits per heavy atom. The van der Waals surface area contributed by atoms with Crippen LogP contribution in [0.5, 0.6) is 0 Å². The van der Waals surface area contributed by atoms with Crippen LogP contribution in [-0.4, -0.2) is 16.0 Å². The molecule has 1 aromatic carbocycles. The topological polar surface area (TPSA) is 97.3 Å². The van der Waals surface area contributed by atoms with Crippen LogP contribution in [0.25, 0.3) is 10.6 Å². The SMILES string of the molecule is NNN(N)C(=O)c1csc(-c2ccccc2)n1. The van der Waals surface area contributed by atoms with Crippen molar-refractivity contribution in [3.8, 4) is 10.6 Å². The average molecular weight is 249 g/mol. The summed E-state index contributed by atoms with van der Waals surface area (Å²) in [5.41, 5.74) is 3.26. The molecule has 0 bridgehead atoms. The maximum Gasteiger partial charge on any atom is 0.303 e. The number of nitrogens with zero attached hydrogens (tertiary/aromatic N) is 2. The zero-order chi connectivity index (χ0) is 12.3. The van der Waals surface area contributed by atoms with E-state index in [4.69, 9.17) is 11.7 Å². The van der Waals surface area contributed by atoms with E-state index in [2.05, 4.69) is 4.98 Å². The number of benzene rings is 1. The molecule has 0 atom stereocenters. The van der Waals surface area contributed by atoms with E-state index in [1.54, 1.807) is 5.38 Å². The van der Waals surface area contributed by atoms with E-state index >= 15 is 0 Å². The fourth-order valence-electron chi connectivity index (χ4n) is 1.27. The average Bonchev–Trinajstić information content (AvgIpc) is 2.87.